The summed E-state index contributed by atoms with van der Waals surface area (Å²) in [7, 11) is 1.60. The van der Waals surface area contributed by atoms with Gasteiger partial charge in [0.05, 0.1) is 18.9 Å². The first-order valence-corrected chi connectivity index (χ1v) is 5.26. The molecule has 84 valence electrons. The molecule has 0 radical (unpaired) electrons. The maximum atomic E-state index is 10.5. The minimum Gasteiger partial charge on any atom is -0.495 e. The lowest BCUT2D eigenvalue weighted by Crippen LogP contribution is -2.31. The highest BCUT2D eigenvalue weighted by Crippen LogP contribution is 2.33. The number of aliphatic hydroxyl groups is 1. The summed E-state index contributed by atoms with van der Waals surface area (Å²) < 4.78 is 5.10. The summed E-state index contributed by atoms with van der Waals surface area (Å²) in [5.41, 5.74) is 0.000926. The molecule has 0 amide bonds. The zero-order valence-corrected chi connectivity index (χ0v) is 9.82. The maximum absolute atomic E-state index is 10.5. The van der Waals surface area contributed by atoms with Gasteiger partial charge < -0.3 is 9.84 Å². The van der Waals surface area contributed by atoms with Crippen LogP contribution in [0.5, 0.6) is 5.75 Å². The Kier molecular flexibility index (Phi) is 3.69. The van der Waals surface area contributed by atoms with E-state index in [0.717, 1.165) is 5.56 Å². The molecule has 3 nitrogen and oxygen atoms in total. The number of pyridine rings is 1. The van der Waals surface area contributed by atoms with E-state index < -0.39 is 5.60 Å². The molecule has 0 spiro atoms. The van der Waals surface area contributed by atoms with Crippen LogP contribution in [0.3, 0.4) is 0 Å². The summed E-state index contributed by atoms with van der Waals surface area (Å²) in [6, 6.07) is 1.84. The summed E-state index contributed by atoms with van der Waals surface area (Å²) in [4.78, 5) is 4.07. The lowest BCUT2D eigenvalue weighted by atomic mass is 9.82. The monoisotopic (exact) mass is 209 g/mol. The van der Waals surface area contributed by atoms with Gasteiger partial charge >= 0.3 is 0 Å². The molecule has 0 fully saturated rings. The standard InChI is InChI=1S/C12H19NO2/c1-5-12(14,9(2)3)10-6-11(15-4)8-13-7-10/h6-9,14H,5H2,1-4H3. The van der Waals surface area contributed by atoms with Crippen molar-refractivity contribution in [3.8, 4) is 5.75 Å². The largest absolute Gasteiger partial charge is 0.495 e. The summed E-state index contributed by atoms with van der Waals surface area (Å²) >= 11 is 0. The van der Waals surface area contributed by atoms with Crippen molar-refractivity contribution in [2.24, 2.45) is 5.92 Å². The van der Waals surface area contributed by atoms with Gasteiger partial charge in [-0.25, -0.2) is 0 Å². The molecular formula is C12H19NO2. The van der Waals surface area contributed by atoms with Crippen molar-refractivity contribution in [1.82, 2.24) is 4.98 Å². The molecule has 0 aromatic carbocycles. The minimum atomic E-state index is -0.818. The molecular weight excluding hydrogens is 190 g/mol. The van der Waals surface area contributed by atoms with E-state index in [-0.39, 0.29) is 5.92 Å². The average Bonchev–Trinajstić information content (AvgIpc) is 2.27. The number of nitrogens with zero attached hydrogens (tertiary/aromatic N) is 1. The van der Waals surface area contributed by atoms with Crippen molar-refractivity contribution in [2.75, 3.05) is 7.11 Å². The van der Waals surface area contributed by atoms with Gasteiger partial charge in [-0.3, -0.25) is 4.98 Å². The maximum Gasteiger partial charge on any atom is 0.137 e. The first kappa shape index (κ1) is 12.0. The normalized spacial score (nSPS) is 15.1. The quantitative estimate of drug-likeness (QED) is 0.827. The molecule has 3 heteroatoms. The van der Waals surface area contributed by atoms with Crippen LogP contribution in [0.15, 0.2) is 18.5 Å². The predicted molar refractivity (Wildman–Crippen MR) is 59.8 cm³/mol. The van der Waals surface area contributed by atoms with Crippen LogP contribution in [0.4, 0.5) is 0 Å². The minimum absolute atomic E-state index is 0.149. The van der Waals surface area contributed by atoms with Crippen LogP contribution in [0.2, 0.25) is 0 Å². The first-order chi connectivity index (χ1) is 7.04. The summed E-state index contributed by atoms with van der Waals surface area (Å²) in [6.07, 6.45) is 4.01. The van der Waals surface area contributed by atoms with Gasteiger partial charge in [0, 0.05) is 11.8 Å². The average molecular weight is 209 g/mol. The number of rotatable bonds is 4. The highest BCUT2D eigenvalue weighted by atomic mass is 16.5. The summed E-state index contributed by atoms with van der Waals surface area (Å²) in [5.74, 6) is 0.830. The van der Waals surface area contributed by atoms with Crippen LogP contribution in [0.1, 0.15) is 32.8 Å². The van der Waals surface area contributed by atoms with Gasteiger partial charge in [0.25, 0.3) is 0 Å². The molecule has 1 aromatic heterocycles. The number of methoxy groups -OCH3 is 1. The van der Waals surface area contributed by atoms with Gasteiger partial charge in [-0.05, 0) is 18.4 Å². The fourth-order valence-corrected chi connectivity index (χ4v) is 1.71. The van der Waals surface area contributed by atoms with Crippen molar-refractivity contribution in [1.29, 1.82) is 0 Å². The van der Waals surface area contributed by atoms with Gasteiger partial charge in [0.1, 0.15) is 5.75 Å². The Morgan fingerprint density at radius 2 is 2.13 bits per heavy atom. The van der Waals surface area contributed by atoms with E-state index in [4.69, 9.17) is 4.74 Å². The molecule has 15 heavy (non-hydrogen) atoms. The van der Waals surface area contributed by atoms with Crippen LogP contribution in [-0.2, 0) is 5.60 Å². The van der Waals surface area contributed by atoms with Crippen LogP contribution in [-0.4, -0.2) is 17.2 Å². The highest BCUT2D eigenvalue weighted by Gasteiger charge is 2.31. The van der Waals surface area contributed by atoms with Gasteiger partial charge in [-0.2, -0.15) is 0 Å². The van der Waals surface area contributed by atoms with Crippen molar-refractivity contribution in [3.05, 3.63) is 24.0 Å². The topological polar surface area (TPSA) is 42.4 Å². The predicted octanol–water partition coefficient (Wildman–Crippen LogP) is 2.34. The molecule has 0 aliphatic carbocycles. The van der Waals surface area contributed by atoms with Crippen LogP contribution < -0.4 is 4.74 Å². The summed E-state index contributed by atoms with van der Waals surface area (Å²) in [6.45, 7) is 5.98. The molecule has 0 aliphatic heterocycles. The van der Waals surface area contributed by atoms with Crippen LogP contribution >= 0.6 is 0 Å². The third kappa shape index (κ3) is 2.29. The zero-order chi connectivity index (χ0) is 11.5. The van der Waals surface area contributed by atoms with Gasteiger partial charge in [-0.15, -0.1) is 0 Å². The molecule has 0 saturated heterocycles. The second-order valence-corrected chi connectivity index (χ2v) is 4.05. The lowest BCUT2D eigenvalue weighted by molar-refractivity contribution is -0.0144. The molecule has 1 rings (SSSR count). The van der Waals surface area contributed by atoms with E-state index in [2.05, 4.69) is 4.98 Å². The Morgan fingerprint density at radius 1 is 1.47 bits per heavy atom. The molecule has 0 bridgehead atoms. The van der Waals surface area contributed by atoms with Crippen LogP contribution in [0.25, 0.3) is 0 Å². The first-order valence-electron chi connectivity index (χ1n) is 5.26. The van der Waals surface area contributed by atoms with Gasteiger partial charge in [0.2, 0.25) is 0 Å². The van der Waals surface area contributed by atoms with Gasteiger partial charge in [0.15, 0.2) is 0 Å². The SMILES string of the molecule is CCC(O)(c1cncc(OC)c1)C(C)C. The molecule has 1 unspecified atom stereocenters. The third-order valence-corrected chi connectivity index (χ3v) is 2.94. The Hall–Kier alpha value is -1.09. The fraction of sp³-hybridized carbons (Fsp3) is 0.583. The highest BCUT2D eigenvalue weighted by molar-refractivity contribution is 5.28. The second kappa shape index (κ2) is 4.62. The Morgan fingerprint density at radius 3 is 2.60 bits per heavy atom. The van der Waals surface area contributed by atoms with Crippen molar-refractivity contribution in [3.63, 3.8) is 0 Å². The van der Waals surface area contributed by atoms with E-state index >= 15 is 0 Å². The van der Waals surface area contributed by atoms with E-state index in [9.17, 15) is 5.11 Å². The van der Waals surface area contributed by atoms with E-state index in [1.165, 1.54) is 0 Å². The number of hydrogen-bond donors (Lipinski definition) is 1. The molecule has 1 N–H and O–H groups in total. The van der Waals surface area contributed by atoms with Gasteiger partial charge in [-0.1, -0.05) is 20.8 Å². The Balaban J connectivity index is 3.12. The Labute approximate surface area is 91.1 Å². The molecule has 0 aliphatic rings. The number of ether oxygens (including phenoxy) is 1. The van der Waals surface area contributed by atoms with Crippen molar-refractivity contribution in [2.45, 2.75) is 32.8 Å². The smallest absolute Gasteiger partial charge is 0.137 e. The number of aromatic nitrogens is 1. The van der Waals surface area contributed by atoms with E-state index in [1.54, 1.807) is 19.5 Å². The molecule has 1 heterocycles. The van der Waals surface area contributed by atoms with E-state index in [1.807, 2.05) is 26.8 Å². The fourth-order valence-electron chi connectivity index (χ4n) is 1.71. The molecule has 0 saturated carbocycles. The summed E-state index contributed by atoms with van der Waals surface area (Å²) in [5, 5.41) is 10.5. The van der Waals surface area contributed by atoms with Crippen molar-refractivity contribution < 1.29 is 9.84 Å². The third-order valence-electron chi connectivity index (χ3n) is 2.94. The molecule has 1 aromatic rings. The Bertz CT molecular complexity index is 325. The number of hydrogen-bond acceptors (Lipinski definition) is 3. The molecule has 1 atom stereocenters. The zero-order valence-electron chi connectivity index (χ0n) is 9.82. The lowest BCUT2D eigenvalue weighted by Gasteiger charge is -2.31. The van der Waals surface area contributed by atoms with E-state index in [0.29, 0.717) is 12.2 Å². The van der Waals surface area contributed by atoms with Crippen LogP contribution in [0, 0.1) is 5.92 Å². The second-order valence-electron chi connectivity index (χ2n) is 4.05. The van der Waals surface area contributed by atoms with Crippen molar-refractivity contribution >= 4 is 0 Å².